The van der Waals surface area contributed by atoms with E-state index in [9.17, 15) is 4.79 Å². The number of cyclic esters (lactones) is 1. The van der Waals surface area contributed by atoms with Crippen molar-refractivity contribution in [3.8, 4) is 0 Å². The van der Waals surface area contributed by atoms with Gasteiger partial charge in [0.2, 0.25) is 0 Å². The number of hydrogen-bond acceptors (Lipinski definition) is 4. The number of carbonyl (C=O) groups excluding carboxylic acids is 1. The number of nitrogens with zero attached hydrogens (tertiary/aromatic N) is 1. The Bertz CT molecular complexity index is 716. The van der Waals surface area contributed by atoms with Crippen molar-refractivity contribution in [2.75, 3.05) is 6.61 Å². The molecule has 0 fully saturated rings. The Morgan fingerprint density at radius 3 is 2.73 bits per heavy atom. The Hall–Kier alpha value is -2.36. The molecule has 0 N–H and O–H groups in total. The van der Waals surface area contributed by atoms with Gasteiger partial charge < -0.3 is 9.57 Å². The van der Waals surface area contributed by atoms with E-state index < -0.39 is 0 Å². The van der Waals surface area contributed by atoms with E-state index in [1.165, 1.54) is 0 Å². The maximum absolute atomic E-state index is 12.8. The summed E-state index contributed by atoms with van der Waals surface area (Å²) in [4.78, 5) is 18.1. The van der Waals surface area contributed by atoms with E-state index >= 15 is 0 Å². The Kier molecular flexibility index (Phi) is 7.64. The first kappa shape index (κ1) is 20.0. The number of rotatable bonds is 2. The summed E-state index contributed by atoms with van der Waals surface area (Å²) in [6, 6.07) is 4.05. The fourth-order valence-corrected chi connectivity index (χ4v) is 3.06. The van der Waals surface area contributed by atoms with E-state index in [4.69, 9.17) is 9.57 Å². The number of aryl methyl sites for hydroxylation is 2. The molecule has 140 valence electrons. The van der Waals surface area contributed by atoms with Gasteiger partial charge >= 0.3 is 5.97 Å². The van der Waals surface area contributed by atoms with Gasteiger partial charge in [-0.3, -0.25) is 0 Å². The fraction of sp³-hybridized carbons (Fsp3) is 0.455. The first-order valence-corrected chi connectivity index (χ1v) is 9.32. The van der Waals surface area contributed by atoms with Gasteiger partial charge in [-0.2, -0.15) is 0 Å². The molecule has 0 saturated carbocycles. The quantitative estimate of drug-likeness (QED) is 0.422. The molecule has 0 bridgehead atoms. The molecule has 1 aliphatic rings. The minimum absolute atomic E-state index is 0.151. The van der Waals surface area contributed by atoms with Crippen LogP contribution in [0, 0.1) is 13.8 Å². The van der Waals surface area contributed by atoms with Crippen molar-refractivity contribution in [1.82, 2.24) is 0 Å². The lowest BCUT2D eigenvalue weighted by atomic mass is 9.95. The predicted octanol–water partition coefficient (Wildman–Crippen LogP) is 5.08. The average Bonchev–Trinajstić information content (AvgIpc) is 2.57. The second-order valence-corrected chi connectivity index (χ2v) is 6.70. The highest BCUT2D eigenvalue weighted by Crippen LogP contribution is 2.21. The van der Waals surface area contributed by atoms with Crippen molar-refractivity contribution < 1.29 is 14.4 Å². The van der Waals surface area contributed by atoms with E-state index in [0.29, 0.717) is 18.6 Å². The maximum atomic E-state index is 12.8. The first-order chi connectivity index (χ1) is 12.5. The highest BCUT2D eigenvalue weighted by Gasteiger charge is 2.19. The lowest BCUT2D eigenvalue weighted by molar-refractivity contribution is 0.0346. The lowest BCUT2D eigenvalue weighted by Crippen LogP contribution is -2.18. The minimum atomic E-state index is -0.268. The zero-order valence-electron chi connectivity index (χ0n) is 16.2. The Labute approximate surface area is 156 Å². The van der Waals surface area contributed by atoms with Crippen molar-refractivity contribution in [2.24, 2.45) is 5.16 Å². The second-order valence-electron chi connectivity index (χ2n) is 6.70. The summed E-state index contributed by atoms with van der Waals surface area (Å²) in [6.07, 6.45) is 11.3. The third kappa shape index (κ3) is 5.87. The van der Waals surface area contributed by atoms with Crippen molar-refractivity contribution in [1.29, 1.82) is 0 Å². The molecule has 1 aromatic rings. The zero-order chi connectivity index (χ0) is 18.9. The maximum Gasteiger partial charge on any atom is 0.338 e. The SMILES string of the molecule is CCO/N=C1\C=C\CC/C=C/CC(C)OC(=O)c2c(C)cc(C)cc2C1. The molecule has 0 saturated heterocycles. The normalized spacial score (nSPS) is 22.8. The van der Waals surface area contributed by atoms with E-state index in [1.54, 1.807) is 0 Å². The number of allylic oxidation sites excluding steroid dienone is 3. The second kappa shape index (κ2) is 9.95. The molecule has 0 aliphatic carbocycles. The van der Waals surface area contributed by atoms with Gasteiger partial charge in [-0.05, 0) is 57.7 Å². The van der Waals surface area contributed by atoms with Gasteiger partial charge in [0.15, 0.2) is 0 Å². The molecule has 2 rings (SSSR count). The number of hydrogen-bond donors (Lipinski definition) is 0. The molecule has 26 heavy (non-hydrogen) atoms. The van der Waals surface area contributed by atoms with Crippen LogP contribution >= 0.6 is 0 Å². The topological polar surface area (TPSA) is 47.9 Å². The molecule has 1 unspecified atom stereocenters. The lowest BCUT2D eigenvalue weighted by Gasteiger charge is -2.17. The molecular weight excluding hydrogens is 326 g/mol. The van der Waals surface area contributed by atoms with Crippen molar-refractivity contribution >= 4 is 11.7 Å². The molecule has 0 aromatic heterocycles. The smallest absolute Gasteiger partial charge is 0.338 e. The van der Waals surface area contributed by atoms with Crippen LogP contribution in [0.25, 0.3) is 0 Å². The highest BCUT2D eigenvalue weighted by molar-refractivity contribution is 5.99. The van der Waals surface area contributed by atoms with E-state index in [1.807, 2.05) is 45.9 Å². The number of carbonyl (C=O) groups is 1. The summed E-state index contributed by atoms with van der Waals surface area (Å²) in [5.41, 5.74) is 4.42. The van der Waals surface area contributed by atoms with Crippen LogP contribution in [-0.4, -0.2) is 24.4 Å². The van der Waals surface area contributed by atoms with Gasteiger partial charge in [-0.25, -0.2) is 4.79 Å². The van der Waals surface area contributed by atoms with Crippen LogP contribution in [0.1, 0.15) is 60.2 Å². The molecule has 0 amide bonds. The molecule has 1 aromatic carbocycles. The molecular formula is C22H29NO3. The summed E-state index contributed by atoms with van der Waals surface area (Å²) < 4.78 is 5.68. The summed E-state index contributed by atoms with van der Waals surface area (Å²) in [5, 5.41) is 4.23. The summed E-state index contributed by atoms with van der Waals surface area (Å²) >= 11 is 0. The van der Waals surface area contributed by atoms with Crippen LogP contribution in [0.4, 0.5) is 0 Å². The summed E-state index contributed by atoms with van der Waals surface area (Å²) in [5.74, 6) is -0.268. The first-order valence-electron chi connectivity index (χ1n) is 9.32. The number of esters is 1. The van der Waals surface area contributed by atoms with Crippen LogP contribution in [-0.2, 0) is 16.0 Å². The molecule has 4 heteroatoms. The highest BCUT2D eigenvalue weighted by atomic mass is 16.6. The van der Waals surface area contributed by atoms with Crippen LogP contribution in [0.2, 0.25) is 0 Å². The fourth-order valence-electron chi connectivity index (χ4n) is 3.06. The van der Waals surface area contributed by atoms with E-state index in [2.05, 4.69) is 23.4 Å². The Morgan fingerprint density at radius 2 is 1.96 bits per heavy atom. The molecule has 4 nitrogen and oxygen atoms in total. The molecule has 0 spiro atoms. The van der Waals surface area contributed by atoms with E-state index in [-0.39, 0.29) is 12.1 Å². The standard InChI is InChI=1S/C22H29NO3/c1-5-25-23-20-12-10-8-6-7-9-11-18(4)26-22(24)21-17(3)13-16(2)14-19(21)15-20/h7,9-10,12-14,18H,5-6,8,11,15H2,1-4H3/b9-7+,12-10+,23-20+. The number of benzene rings is 1. The number of oxime groups is 1. The molecule has 1 aliphatic heterocycles. The number of fused-ring (bicyclic) bond motifs is 1. The third-order valence-corrected chi connectivity index (χ3v) is 4.20. The van der Waals surface area contributed by atoms with Gasteiger partial charge in [0.1, 0.15) is 12.7 Å². The molecule has 1 heterocycles. The van der Waals surface area contributed by atoms with Gasteiger partial charge in [-0.1, -0.05) is 41.1 Å². The molecule has 0 radical (unpaired) electrons. The van der Waals surface area contributed by atoms with E-state index in [0.717, 1.165) is 41.7 Å². The monoisotopic (exact) mass is 355 g/mol. The van der Waals surface area contributed by atoms with Gasteiger partial charge in [0, 0.05) is 12.8 Å². The third-order valence-electron chi connectivity index (χ3n) is 4.20. The van der Waals surface area contributed by atoms with Gasteiger partial charge in [-0.15, -0.1) is 0 Å². The van der Waals surface area contributed by atoms with Crippen LogP contribution in [0.3, 0.4) is 0 Å². The van der Waals surface area contributed by atoms with Crippen LogP contribution in [0.15, 0.2) is 41.6 Å². The molecule has 1 atom stereocenters. The largest absolute Gasteiger partial charge is 0.459 e. The Morgan fingerprint density at radius 1 is 1.19 bits per heavy atom. The Balaban J connectivity index is 2.45. The van der Waals surface area contributed by atoms with Crippen molar-refractivity contribution in [3.63, 3.8) is 0 Å². The van der Waals surface area contributed by atoms with Gasteiger partial charge in [0.25, 0.3) is 0 Å². The summed E-state index contributed by atoms with van der Waals surface area (Å²) in [6.45, 7) is 8.34. The summed E-state index contributed by atoms with van der Waals surface area (Å²) in [7, 11) is 0. The van der Waals surface area contributed by atoms with Crippen LogP contribution < -0.4 is 0 Å². The van der Waals surface area contributed by atoms with Crippen molar-refractivity contribution in [3.05, 3.63) is 58.7 Å². The van der Waals surface area contributed by atoms with Crippen molar-refractivity contribution in [2.45, 2.75) is 59.5 Å². The average molecular weight is 355 g/mol. The van der Waals surface area contributed by atoms with Gasteiger partial charge in [0.05, 0.1) is 11.3 Å². The number of ether oxygens (including phenoxy) is 1. The zero-order valence-corrected chi connectivity index (χ0v) is 16.2. The minimum Gasteiger partial charge on any atom is -0.459 e. The predicted molar refractivity (Wildman–Crippen MR) is 106 cm³/mol. The van der Waals surface area contributed by atoms with Crippen LogP contribution in [0.5, 0.6) is 0 Å².